The fourth-order valence-corrected chi connectivity index (χ4v) is 2.89. The number of nitrogens with zero attached hydrogens (tertiary/aromatic N) is 2. The zero-order valence-electron chi connectivity index (χ0n) is 14.9. The van der Waals surface area contributed by atoms with Gasteiger partial charge in [0.25, 0.3) is 5.69 Å². The number of furan rings is 1. The van der Waals surface area contributed by atoms with Crippen LogP contribution in [0.2, 0.25) is 0 Å². The normalized spacial score (nSPS) is 11.7. The van der Waals surface area contributed by atoms with Crippen molar-refractivity contribution in [3.8, 4) is 11.3 Å². The molecule has 2 aromatic heterocycles. The van der Waals surface area contributed by atoms with Crippen molar-refractivity contribution in [2.24, 2.45) is 0 Å². The molecule has 2 aromatic carbocycles. The van der Waals surface area contributed by atoms with Crippen LogP contribution in [0.1, 0.15) is 18.1 Å². The second kappa shape index (κ2) is 7.43. The predicted molar refractivity (Wildman–Crippen MR) is 105 cm³/mol. The highest BCUT2D eigenvalue weighted by Gasteiger charge is 2.16. The number of rotatable bonds is 6. The molecule has 8 nitrogen and oxygen atoms in total. The highest BCUT2D eigenvalue weighted by molar-refractivity contribution is 5.90. The number of non-ortho nitro benzene ring substituents is 1. The highest BCUT2D eigenvalue weighted by Crippen LogP contribution is 2.29. The zero-order chi connectivity index (χ0) is 20.4. The molecule has 29 heavy (non-hydrogen) atoms. The van der Waals surface area contributed by atoms with Crippen molar-refractivity contribution in [2.45, 2.75) is 6.42 Å². The zero-order valence-corrected chi connectivity index (χ0v) is 14.9. The lowest BCUT2D eigenvalue weighted by atomic mass is 10.1. The summed E-state index contributed by atoms with van der Waals surface area (Å²) in [7, 11) is 0. The van der Waals surface area contributed by atoms with Crippen LogP contribution in [0, 0.1) is 10.1 Å². The second-order valence-electron chi connectivity index (χ2n) is 6.24. The SMILES string of the molecule is O=C(O)C/C(=C/c1ccc(-c2cccc([N+](=O)[O-])c2)o1)c1nc2ccccc2o1. The number of hydrogen-bond acceptors (Lipinski definition) is 6. The molecule has 0 saturated heterocycles. The number of carboxylic acids is 1. The van der Waals surface area contributed by atoms with E-state index in [1.165, 1.54) is 12.1 Å². The van der Waals surface area contributed by atoms with Gasteiger partial charge in [-0.25, -0.2) is 4.98 Å². The van der Waals surface area contributed by atoms with Gasteiger partial charge in [-0.15, -0.1) is 0 Å². The Morgan fingerprint density at radius 1 is 1.10 bits per heavy atom. The van der Waals surface area contributed by atoms with Crippen molar-refractivity contribution in [3.63, 3.8) is 0 Å². The van der Waals surface area contributed by atoms with E-state index in [1.807, 2.05) is 6.07 Å². The Morgan fingerprint density at radius 3 is 2.69 bits per heavy atom. The Balaban J connectivity index is 1.71. The summed E-state index contributed by atoms with van der Waals surface area (Å²) in [6.07, 6.45) is 1.24. The Bertz CT molecular complexity index is 1220. The molecular weight excluding hydrogens is 376 g/mol. The third kappa shape index (κ3) is 3.91. The van der Waals surface area contributed by atoms with Gasteiger partial charge in [-0.05, 0) is 30.3 Å². The summed E-state index contributed by atoms with van der Waals surface area (Å²) in [6.45, 7) is 0. The topological polar surface area (TPSA) is 120 Å². The smallest absolute Gasteiger partial charge is 0.308 e. The minimum Gasteiger partial charge on any atom is -0.481 e. The van der Waals surface area contributed by atoms with Crippen LogP contribution in [-0.2, 0) is 4.79 Å². The minimum atomic E-state index is -1.04. The number of carbonyl (C=O) groups is 1. The Labute approximate surface area is 163 Å². The third-order valence-electron chi connectivity index (χ3n) is 4.20. The number of benzene rings is 2. The van der Waals surface area contributed by atoms with Crippen LogP contribution >= 0.6 is 0 Å². The lowest BCUT2D eigenvalue weighted by molar-refractivity contribution is -0.384. The van der Waals surface area contributed by atoms with E-state index in [9.17, 15) is 20.0 Å². The van der Waals surface area contributed by atoms with Crippen molar-refractivity contribution >= 4 is 34.4 Å². The molecule has 0 aliphatic carbocycles. The molecule has 4 rings (SSSR count). The molecule has 0 spiro atoms. The number of aromatic nitrogens is 1. The molecule has 8 heteroatoms. The van der Waals surface area contributed by atoms with Crippen molar-refractivity contribution in [2.75, 3.05) is 0 Å². The van der Waals surface area contributed by atoms with Crippen LogP contribution in [0.3, 0.4) is 0 Å². The summed E-state index contributed by atoms with van der Waals surface area (Å²) in [4.78, 5) is 26.1. The molecule has 144 valence electrons. The number of hydrogen-bond donors (Lipinski definition) is 1. The number of aliphatic carboxylic acids is 1. The Kier molecular flexibility index (Phi) is 4.66. The first-order valence-corrected chi connectivity index (χ1v) is 8.62. The van der Waals surface area contributed by atoms with E-state index < -0.39 is 10.9 Å². The van der Waals surface area contributed by atoms with E-state index in [4.69, 9.17) is 8.83 Å². The molecule has 4 aromatic rings. The van der Waals surface area contributed by atoms with Crippen LogP contribution in [0.25, 0.3) is 34.1 Å². The maximum absolute atomic E-state index is 11.3. The number of oxazole rings is 1. The van der Waals surface area contributed by atoms with Crippen LogP contribution in [0.5, 0.6) is 0 Å². The average Bonchev–Trinajstić information content (AvgIpc) is 3.34. The van der Waals surface area contributed by atoms with E-state index in [1.54, 1.807) is 48.5 Å². The largest absolute Gasteiger partial charge is 0.481 e. The second-order valence-corrected chi connectivity index (χ2v) is 6.24. The first kappa shape index (κ1) is 18.2. The molecule has 0 bridgehead atoms. The molecule has 0 atom stereocenters. The lowest BCUT2D eigenvalue weighted by Gasteiger charge is -1.99. The van der Waals surface area contributed by atoms with Gasteiger partial charge in [-0.3, -0.25) is 14.9 Å². The van der Waals surface area contributed by atoms with E-state index >= 15 is 0 Å². The van der Waals surface area contributed by atoms with Crippen LogP contribution < -0.4 is 0 Å². The highest BCUT2D eigenvalue weighted by atomic mass is 16.6. The summed E-state index contributed by atoms with van der Waals surface area (Å²) in [5, 5.41) is 20.2. The van der Waals surface area contributed by atoms with Gasteiger partial charge >= 0.3 is 5.97 Å². The Morgan fingerprint density at radius 2 is 1.93 bits per heavy atom. The first-order valence-electron chi connectivity index (χ1n) is 8.62. The number of nitro benzene ring substituents is 1. The van der Waals surface area contributed by atoms with Gasteiger partial charge in [-0.1, -0.05) is 24.3 Å². The molecule has 0 amide bonds. The van der Waals surface area contributed by atoms with E-state index in [-0.39, 0.29) is 18.0 Å². The number of carboxylic acid groups (broad SMARTS) is 1. The monoisotopic (exact) mass is 390 g/mol. The summed E-state index contributed by atoms with van der Waals surface area (Å²) in [5.41, 5.74) is 2.01. The molecule has 0 fully saturated rings. The van der Waals surface area contributed by atoms with Crippen molar-refractivity contribution in [1.29, 1.82) is 0 Å². The molecule has 1 N–H and O–H groups in total. The standard InChI is InChI=1S/C21H14N2O6/c24-20(25)12-14(21-22-17-6-1-2-7-19(17)29-21)11-16-8-9-18(28-16)13-4-3-5-15(10-13)23(26)27/h1-11H,12H2,(H,24,25)/b14-11-. The molecule has 0 saturated carbocycles. The predicted octanol–water partition coefficient (Wildman–Crippen LogP) is 5.01. The van der Waals surface area contributed by atoms with Gasteiger partial charge in [0.15, 0.2) is 5.58 Å². The molecule has 0 aliphatic rings. The van der Waals surface area contributed by atoms with Crippen molar-refractivity contribution in [1.82, 2.24) is 4.98 Å². The van der Waals surface area contributed by atoms with E-state index in [2.05, 4.69) is 4.98 Å². The fraction of sp³-hybridized carbons (Fsp3) is 0.0476. The average molecular weight is 390 g/mol. The minimum absolute atomic E-state index is 0.0472. The number of nitro groups is 1. The summed E-state index contributed by atoms with van der Waals surface area (Å²) < 4.78 is 11.4. The van der Waals surface area contributed by atoms with Crippen LogP contribution in [0.15, 0.2) is 69.5 Å². The Hall–Kier alpha value is -4.20. The van der Waals surface area contributed by atoms with Gasteiger partial charge in [-0.2, -0.15) is 0 Å². The van der Waals surface area contributed by atoms with Gasteiger partial charge < -0.3 is 13.9 Å². The molecule has 0 unspecified atom stereocenters. The van der Waals surface area contributed by atoms with Gasteiger partial charge in [0.05, 0.1) is 11.3 Å². The first-order chi connectivity index (χ1) is 14.0. The molecule has 2 heterocycles. The maximum atomic E-state index is 11.3. The molecule has 0 aliphatic heterocycles. The number of para-hydroxylation sites is 2. The summed E-state index contributed by atoms with van der Waals surface area (Å²) >= 11 is 0. The quantitative estimate of drug-likeness (QED) is 0.363. The lowest BCUT2D eigenvalue weighted by Crippen LogP contribution is -1.97. The van der Waals surface area contributed by atoms with Crippen LogP contribution in [0.4, 0.5) is 5.69 Å². The van der Waals surface area contributed by atoms with E-state index in [0.29, 0.717) is 33.8 Å². The maximum Gasteiger partial charge on any atom is 0.308 e. The van der Waals surface area contributed by atoms with Crippen molar-refractivity contribution < 1.29 is 23.7 Å². The van der Waals surface area contributed by atoms with Gasteiger partial charge in [0.1, 0.15) is 17.0 Å². The third-order valence-corrected chi connectivity index (χ3v) is 4.20. The van der Waals surface area contributed by atoms with E-state index in [0.717, 1.165) is 0 Å². The van der Waals surface area contributed by atoms with Crippen molar-refractivity contribution in [3.05, 3.63) is 82.4 Å². The van der Waals surface area contributed by atoms with Gasteiger partial charge in [0.2, 0.25) is 5.89 Å². The number of fused-ring (bicyclic) bond motifs is 1. The summed E-state index contributed by atoms with van der Waals surface area (Å²) in [5.74, 6) is -0.0388. The van der Waals surface area contributed by atoms with Gasteiger partial charge in [0, 0.05) is 23.3 Å². The fourth-order valence-electron chi connectivity index (χ4n) is 2.89. The molecular formula is C21H14N2O6. The molecule has 0 radical (unpaired) electrons. The van der Waals surface area contributed by atoms with Crippen LogP contribution in [-0.4, -0.2) is 21.0 Å². The summed E-state index contributed by atoms with van der Waals surface area (Å²) in [6, 6.07) is 16.5.